The van der Waals surface area contributed by atoms with Gasteiger partial charge in [-0.3, -0.25) is 4.79 Å². The van der Waals surface area contributed by atoms with Crippen molar-refractivity contribution in [3.05, 3.63) is 24.7 Å². The molecule has 0 atom stereocenters. The minimum atomic E-state index is 0.0917. The number of rotatable bonds is 4. The molecule has 3 nitrogen and oxygen atoms in total. The summed E-state index contributed by atoms with van der Waals surface area (Å²) in [6, 6.07) is 1.83. The van der Waals surface area contributed by atoms with Gasteiger partial charge in [-0.1, -0.05) is 23.1 Å². The maximum atomic E-state index is 11.9. The summed E-state index contributed by atoms with van der Waals surface area (Å²) in [5, 5.41) is 7.59. The molecular formula is C8H4Br2N2OS3. The van der Waals surface area contributed by atoms with Crippen molar-refractivity contribution in [2.75, 3.05) is 5.75 Å². The van der Waals surface area contributed by atoms with E-state index in [0.717, 1.165) is 11.9 Å². The lowest BCUT2D eigenvalue weighted by Crippen LogP contribution is -2.01. The fourth-order valence-corrected chi connectivity index (χ4v) is 5.19. The zero-order chi connectivity index (χ0) is 11.5. The summed E-state index contributed by atoms with van der Waals surface area (Å²) in [5.41, 5.74) is 2.37. The van der Waals surface area contributed by atoms with Crippen LogP contribution in [0.4, 0.5) is 0 Å². The van der Waals surface area contributed by atoms with Crippen molar-refractivity contribution >= 4 is 72.1 Å². The van der Waals surface area contributed by atoms with Gasteiger partial charge in [0.1, 0.15) is 5.51 Å². The van der Waals surface area contributed by atoms with Crippen LogP contribution in [0.5, 0.6) is 0 Å². The van der Waals surface area contributed by atoms with Crippen LogP contribution in [0, 0.1) is 0 Å². The van der Waals surface area contributed by atoms with Crippen molar-refractivity contribution in [1.82, 2.24) is 10.2 Å². The summed E-state index contributed by atoms with van der Waals surface area (Å²) in [6.45, 7) is 0. The first-order valence-corrected chi connectivity index (χ1v) is 8.30. The van der Waals surface area contributed by atoms with E-state index in [4.69, 9.17) is 0 Å². The summed E-state index contributed by atoms with van der Waals surface area (Å²) < 4.78 is 2.63. The number of ketones is 1. The zero-order valence-electron chi connectivity index (χ0n) is 7.65. The third-order valence-corrected chi connectivity index (χ3v) is 5.82. The normalized spacial score (nSPS) is 10.6. The third-order valence-electron chi connectivity index (χ3n) is 1.62. The molecule has 8 heteroatoms. The summed E-state index contributed by atoms with van der Waals surface area (Å²) in [6.07, 6.45) is 0. The van der Waals surface area contributed by atoms with E-state index in [1.54, 1.807) is 5.51 Å². The average molecular weight is 400 g/mol. The van der Waals surface area contributed by atoms with Crippen LogP contribution in [0.25, 0.3) is 0 Å². The highest BCUT2D eigenvalue weighted by atomic mass is 79.9. The SMILES string of the molecule is O=C(CSc1nncs1)c1cc(Br)sc1Br. The molecule has 0 fully saturated rings. The minimum absolute atomic E-state index is 0.0917. The first kappa shape index (κ1) is 12.7. The van der Waals surface area contributed by atoms with Crippen molar-refractivity contribution < 1.29 is 4.79 Å². The van der Waals surface area contributed by atoms with Gasteiger partial charge in [0.25, 0.3) is 0 Å². The summed E-state index contributed by atoms with van der Waals surface area (Å²) in [4.78, 5) is 11.9. The fourth-order valence-electron chi connectivity index (χ4n) is 0.961. The molecule has 0 N–H and O–H groups in total. The van der Waals surface area contributed by atoms with Gasteiger partial charge in [-0.25, -0.2) is 0 Å². The smallest absolute Gasteiger partial charge is 0.175 e. The number of aromatic nitrogens is 2. The highest BCUT2D eigenvalue weighted by Crippen LogP contribution is 2.33. The van der Waals surface area contributed by atoms with Crippen LogP contribution in [0.3, 0.4) is 0 Å². The maximum absolute atomic E-state index is 11.9. The van der Waals surface area contributed by atoms with Gasteiger partial charge in [0.2, 0.25) is 0 Å². The summed E-state index contributed by atoms with van der Waals surface area (Å²) in [7, 11) is 0. The summed E-state index contributed by atoms with van der Waals surface area (Å²) >= 11 is 11.1. The Labute approximate surface area is 121 Å². The number of Topliss-reactive ketones (excluding diaryl/α,β-unsaturated/α-hetero) is 1. The van der Waals surface area contributed by atoms with Crippen molar-refractivity contribution in [2.45, 2.75) is 4.34 Å². The quantitative estimate of drug-likeness (QED) is 0.573. The van der Waals surface area contributed by atoms with Crippen LogP contribution < -0.4 is 0 Å². The number of carbonyl (C=O) groups is 1. The number of hydrogen-bond donors (Lipinski definition) is 0. The van der Waals surface area contributed by atoms with E-state index in [0.29, 0.717) is 11.3 Å². The second kappa shape index (κ2) is 5.72. The molecule has 0 spiro atoms. The molecule has 0 saturated carbocycles. The van der Waals surface area contributed by atoms with Crippen molar-refractivity contribution in [3.63, 3.8) is 0 Å². The van der Waals surface area contributed by atoms with Gasteiger partial charge < -0.3 is 0 Å². The van der Waals surface area contributed by atoms with Gasteiger partial charge in [-0.15, -0.1) is 21.5 Å². The molecule has 2 aromatic heterocycles. The van der Waals surface area contributed by atoms with Gasteiger partial charge in [0.05, 0.1) is 13.3 Å². The molecule has 0 radical (unpaired) electrons. The van der Waals surface area contributed by atoms with Crippen molar-refractivity contribution in [1.29, 1.82) is 0 Å². The molecule has 2 rings (SSSR count). The van der Waals surface area contributed by atoms with Crippen LogP contribution in [-0.2, 0) is 0 Å². The Bertz CT molecular complexity index is 497. The van der Waals surface area contributed by atoms with Crippen molar-refractivity contribution in [2.24, 2.45) is 0 Å². The maximum Gasteiger partial charge on any atom is 0.175 e. The largest absolute Gasteiger partial charge is 0.293 e. The van der Waals surface area contributed by atoms with E-state index in [2.05, 4.69) is 42.1 Å². The van der Waals surface area contributed by atoms with E-state index >= 15 is 0 Å². The Morgan fingerprint density at radius 1 is 1.50 bits per heavy atom. The predicted molar refractivity (Wildman–Crippen MR) is 74.7 cm³/mol. The Kier molecular flexibility index (Phi) is 4.54. The third kappa shape index (κ3) is 3.13. The molecular weight excluding hydrogens is 396 g/mol. The van der Waals surface area contributed by atoms with E-state index in [1.807, 2.05) is 6.07 Å². The van der Waals surface area contributed by atoms with E-state index < -0.39 is 0 Å². The zero-order valence-corrected chi connectivity index (χ0v) is 13.3. The summed E-state index contributed by atoms with van der Waals surface area (Å²) in [5.74, 6) is 0.478. The molecule has 0 unspecified atom stereocenters. The molecule has 0 bridgehead atoms. The fraction of sp³-hybridized carbons (Fsp3) is 0.125. The standard InChI is InChI=1S/C8H4Br2N2OS3/c9-6-1-4(7(10)16-6)5(13)2-14-8-12-11-3-15-8/h1,3H,2H2. The second-order valence-corrected chi connectivity index (χ2v) is 8.46. The molecule has 0 aliphatic rings. The second-order valence-electron chi connectivity index (χ2n) is 2.65. The van der Waals surface area contributed by atoms with Gasteiger partial charge in [-0.2, -0.15) is 0 Å². The predicted octanol–water partition coefficient (Wildman–Crippen LogP) is 4.10. The van der Waals surface area contributed by atoms with E-state index in [-0.39, 0.29) is 5.78 Å². The highest BCUT2D eigenvalue weighted by molar-refractivity contribution is 9.12. The lowest BCUT2D eigenvalue weighted by Gasteiger charge is -1.96. The Hall–Kier alpha value is 0.240. The monoisotopic (exact) mass is 398 g/mol. The lowest BCUT2D eigenvalue weighted by atomic mass is 10.2. The van der Waals surface area contributed by atoms with E-state index in [9.17, 15) is 4.79 Å². The molecule has 2 aromatic rings. The van der Waals surface area contributed by atoms with Crippen molar-refractivity contribution in [3.8, 4) is 0 Å². The highest BCUT2D eigenvalue weighted by Gasteiger charge is 2.14. The van der Waals surface area contributed by atoms with Gasteiger partial charge in [0, 0.05) is 5.56 Å². The number of halogens is 2. The van der Waals surface area contributed by atoms with Gasteiger partial charge >= 0.3 is 0 Å². The van der Waals surface area contributed by atoms with Crippen LogP contribution in [0.2, 0.25) is 0 Å². The number of thioether (sulfide) groups is 1. The molecule has 0 aromatic carbocycles. The Morgan fingerprint density at radius 3 is 2.88 bits per heavy atom. The lowest BCUT2D eigenvalue weighted by molar-refractivity contribution is 0.102. The van der Waals surface area contributed by atoms with Crippen LogP contribution in [-0.4, -0.2) is 21.7 Å². The molecule has 0 aliphatic carbocycles. The minimum Gasteiger partial charge on any atom is -0.293 e. The molecule has 0 aliphatic heterocycles. The first-order valence-electron chi connectivity index (χ1n) is 4.04. The first-order chi connectivity index (χ1) is 7.66. The van der Waals surface area contributed by atoms with E-state index in [1.165, 1.54) is 34.4 Å². The number of thiophene rings is 1. The Morgan fingerprint density at radius 2 is 2.31 bits per heavy atom. The van der Waals surface area contributed by atoms with Crippen LogP contribution in [0.1, 0.15) is 10.4 Å². The van der Waals surface area contributed by atoms with Gasteiger partial charge in [-0.05, 0) is 37.9 Å². The molecule has 0 saturated heterocycles. The van der Waals surface area contributed by atoms with Crippen LogP contribution >= 0.6 is 66.3 Å². The molecule has 2 heterocycles. The number of nitrogens with zero attached hydrogens (tertiary/aromatic N) is 2. The molecule has 0 amide bonds. The topological polar surface area (TPSA) is 42.9 Å². The average Bonchev–Trinajstić information content (AvgIpc) is 2.84. The van der Waals surface area contributed by atoms with Gasteiger partial charge in [0.15, 0.2) is 10.1 Å². The Balaban J connectivity index is 2.01. The molecule has 16 heavy (non-hydrogen) atoms. The number of carbonyl (C=O) groups excluding carboxylic acids is 1. The number of hydrogen-bond acceptors (Lipinski definition) is 6. The van der Waals surface area contributed by atoms with Crippen LogP contribution in [0.15, 0.2) is 23.5 Å². The molecule has 84 valence electrons.